The normalized spacial score (nSPS) is 40.7. The molecule has 0 aromatic heterocycles. The van der Waals surface area contributed by atoms with Crippen molar-refractivity contribution in [3.63, 3.8) is 0 Å². The number of para-hydroxylation sites is 1. The Bertz CT molecular complexity index is 839. The molecule has 6 rings (SSSR count). The highest BCUT2D eigenvalue weighted by atomic mass is 16.2. The van der Waals surface area contributed by atoms with Gasteiger partial charge < -0.3 is 16.0 Å². The Kier molecular flexibility index (Phi) is 4.41. The van der Waals surface area contributed by atoms with Gasteiger partial charge in [0.15, 0.2) is 0 Å². The Balaban J connectivity index is 1.36. The summed E-state index contributed by atoms with van der Waals surface area (Å²) in [6.45, 7) is 4.53. The minimum Gasteiger partial charge on any atom is -0.362 e. The molecule has 1 aromatic carbocycles. The van der Waals surface area contributed by atoms with Crippen molar-refractivity contribution in [3.8, 4) is 0 Å². The Labute approximate surface area is 173 Å². The number of benzene rings is 1. The van der Waals surface area contributed by atoms with Crippen LogP contribution in [0.5, 0.6) is 0 Å². The van der Waals surface area contributed by atoms with Crippen molar-refractivity contribution in [1.82, 2.24) is 10.6 Å². The van der Waals surface area contributed by atoms with Crippen molar-refractivity contribution in [2.24, 2.45) is 23.2 Å². The number of rotatable bonds is 2. The maximum absolute atomic E-state index is 13.3. The molecule has 1 aromatic rings. The van der Waals surface area contributed by atoms with Gasteiger partial charge in [0.25, 0.3) is 5.91 Å². The largest absolute Gasteiger partial charge is 0.362 e. The average Bonchev–Trinajstić information content (AvgIpc) is 2.69. The van der Waals surface area contributed by atoms with Crippen LogP contribution in [-0.2, 0) is 4.79 Å². The Morgan fingerprint density at radius 1 is 1.14 bits per heavy atom. The summed E-state index contributed by atoms with van der Waals surface area (Å²) in [4.78, 5) is 26.1. The van der Waals surface area contributed by atoms with Crippen LogP contribution >= 0.6 is 0 Å². The quantitative estimate of drug-likeness (QED) is 0.707. The van der Waals surface area contributed by atoms with Crippen LogP contribution in [0.3, 0.4) is 0 Å². The first-order valence-corrected chi connectivity index (χ1v) is 11.4. The second kappa shape index (κ2) is 6.75. The van der Waals surface area contributed by atoms with E-state index in [2.05, 4.69) is 29.8 Å². The Hall–Kier alpha value is -2.04. The molecule has 2 bridgehead atoms. The van der Waals surface area contributed by atoms with Gasteiger partial charge >= 0.3 is 0 Å². The summed E-state index contributed by atoms with van der Waals surface area (Å²) in [5.41, 5.74) is 1.12. The Morgan fingerprint density at radius 3 is 2.72 bits per heavy atom. The van der Waals surface area contributed by atoms with E-state index in [-0.39, 0.29) is 29.1 Å². The van der Waals surface area contributed by atoms with Crippen molar-refractivity contribution in [1.29, 1.82) is 0 Å². The zero-order valence-electron chi connectivity index (χ0n) is 17.6. The van der Waals surface area contributed by atoms with E-state index < -0.39 is 5.66 Å². The fraction of sp³-hybridized carbons (Fsp3) is 0.667. The lowest BCUT2D eigenvalue weighted by Gasteiger charge is -2.61. The van der Waals surface area contributed by atoms with Crippen LogP contribution in [0, 0.1) is 23.2 Å². The van der Waals surface area contributed by atoms with E-state index in [1.54, 1.807) is 0 Å². The van der Waals surface area contributed by atoms with E-state index in [9.17, 15) is 9.59 Å². The molecule has 1 spiro atoms. The van der Waals surface area contributed by atoms with E-state index in [0.29, 0.717) is 17.5 Å². The summed E-state index contributed by atoms with van der Waals surface area (Å²) in [5.74, 6) is 1.14. The smallest absolute Gasteiger partial charge is 0.255 e. The highest BCUT2D eigenvalue weighted by molar-refractivity contribution is 6.02. The molecule has 156 valence electrons. The van der Waals surface area contributed by atoms with E-state index in [0.717, 1.165) is 37.8 Å². The molecular formula is C24H33N3O2. The summed E-state index contributed by atoms with van der Waals surface area (Å²) < 4.78 is 0. The summed E-state index contributed by atoms with van der Waals surface area (Å²) in [6, 6.07) is 8.07. The van der Waals surface area contributed by atoms with Crippen LogP contribution in [0.25, 0.3) is 0 Å². The lowest BCUT2D eigenvalue weighted by molar-refractivity contribution is -0.140. The average molecular weight is 396 g/mol. The number of amides is 2. The number of hydrogen-bond donors (Lipinski definition) is 3. The van der Waals surface area contributed by atoms with Crippen molar-refractivity contribution in [3.05, 3.63) is 29.8 Å². The maximum Gasteiger partial charge on any atom is 0.255 e. The number of fused-ring (bicyclic) bond motifs is 3. The van der Waals surface area contributed by atoms with Gasteiger partial charge in [0.2, 0.25) is 5.91 Å². The predicted octanol–water partition coefficient (Wildman–Crippen LogP) is 4.06. The topological polar surface area (TPSA) is 70.2 Å². The molecule has 6 atom stereocenters. The van der Waals surface area contributed by atoms with Gasteiger partial charge in [-0.1, -0.05) is 38.8 Å². The first-order valence-electron chi connectivity index (χ1n) is 11.4. The molecule has 4 saturated carbocycles. The first-order chi connectivity index (χ1) is 13.9. The molecule has 5 nitrogen and oxygen atoms in total. The van der Waals surface area contributed by atoms with Crippen molar-refractivity contribution in [2.45, 2.75) is 76.9 Å². The lowest BCUT2D eigenvalue weighted by atomic mass is 9.51. The molecule has 5 heteroatoms. The van der Waals surface area contributed by atoms with Gasteiger partial charge in [0.1, 0.15) is 5.66 Å². The number of nitrogens with one attached hydrogen (secondary N) is 3. The van der Waals surface area contributed by atoms with E-state index in [1.165, 1.54) is 19.3 Å². The molecule has 0 saturated heterocycles. The molecule has 4 aliphatic carbocycles. The second-order valence-electron chi connectivity index (χ2n) is 10.3. The third-order valence-corrected chi connectivity index (χ3v) is 8.43. The number of anilines is 1. The monoisotopic (exact) mass is 395 g/mol. The fourth-order valence-electron chi connectivity index (χ4n) is 6.67. The summed E-state index contributed by atoms with van der Waals surface area (Å²) in [6.07, 6.45) is 8.59. The summed E-state index contributed by atoms with van der Waals surface area (Å²) in [7, 11) is 0. The molecule has 0 radical (unpaired) electrons. The summed E-state index contributed by atoms with van der Waals surface area (Å²) in [5, 5.41) is 10.4. The lowest BCUT2D eigenvalue weighted by Crippen LogP contribution is -2.70. The van der Waals surface area contributed by atoms with Crippen molar-refractivity contribution >= 4 is 17.5 Å². The van der Waals surface area contributed by atoms with Gasteiger partial charge in [-0.15, -0.1) is 0 Å². The third-order valence-electron chi connectivity index (χ3n) is 8.43. The van der Waals surface area contributed by atoms with Gasteiger partial charge in [-0.05, 0) is 62.0 Å². The van der Waals surface area contributed by atoms with Gasteiger partial charge in [-0.3, -0.25) is 9.59 Å². The molecule has 3 N–H and O–H groups in total. The van der Waals surface area contributed by atoms with E-state index in [1.807, 2.05) is 24.3 Å². The molecule has 4 fully saturated rings. The third kappa shape index (κ3) is 3.04. The predicted molar refractivity (Wildman–Crippen MR) is 113 cm³/mol. The van der Waals surface area contributed by atoms with Crippen LogP contribution in [0.2, 0.25) is 0 Å². The minimum atomic E-state index is -0.423. The number of carbonyl (C=O) groups is 2. The molecule has 2 amide bonds. The van der Waals surface area contributed by atoms with Gasteiger partial charge in [-0.2, -0.15) is 0 Å². The molecule has 29 heavy (non-hydrogen) atoms. The van der Waals surface area contributed by atoms with Crippen LogP contribution < -0.4 is 16.0 Å². The van der Waals surface area contributed by atoms with Crippen LogP contribution in [0.4, 0.5) is 5.69 Å². The number of carbonyl (C=O) groups excluding carboxylic acids is 2. The maximum atomic E-state index is 13.3. The minimum absolute atomic E-state index is 0.00697. The van der Waals surface area contributed by atoms with Gasteiger partial charge in [0, 0.05) is 23.6 Å². The van der Waals surface area contributed by atoms with Crippen molar-refractivity contribution in [2.75, 3.05) is 5.32 Å². The zero-order valence-corrected chi connectivity index (χ0v) is 17.6. The van der Waals surface area contributed by atoms with E-state index >= 15 is 0 Å². The SMILES string of the molecule is C[C@@H]1CCCC[C@H]1NC(=O)[C@@H]1C[C@@H]2CC[C@]1(C)C[C@]21NC(=O)c2ccccc2N1. The number of hydrogen-bond acceptors (Lipinski definition) is 3. The van der Waals surface area contributed by atoms with Crippen LogP contribution in [0.1, 0.15) is 75.6 Å². The van der Waals surface area contributed by atoms with Gasteiger partial charge in [-0.25, -0.2) is 0 Å². The highest BCUT2D eigenvalue weighted by Gasteiger charge is 2.60. The van der Waals surface area contributed by atoms with Crippen LogP contribution in [-0.4, -0.2) is 23.5 Å². The van der Waals surface area contributed by atoms with Crippen molar-refractivity contribution < 1.29 is 9.59 Å². The molecular weight excluding hydrogens is 362 g/mol. The van der Waals surface area contributed by atoms with E-state index in [4.69, 9.17) is 0 Å². The Morgan fingerprint density at radius 2 is 1.93 bits per heavy atom. The standard InChI is InChI=1S/C24H33N3O2/c1-15-7-3-5-9-19(15)25-22(29)18-13-16-11-12-23(18,2)14-24(16)26-20-10-6-4-8-17(20)21(28)27-24/h4,6,8,10,15-16,18-19,26H,3,5,7,9,11-14H2,1-2H3,(H,25,29)(H,27,28)/t15-,16+,18+,19-,23-,24+/m1/s1. The highest BCUT2D eigenvalue weighted by Crippen LogP contribution is 2.58. The van der Waals surface area contributed by atoms with Gasteiger partial charge in [0.05, 0.1) is 5.56 Å². The zero-order chi connectivity index (χ0) is 20.2. The fourth-order valence-corrected chi connectivity index (χ4v) is 6.67. The molecule has 1 aliphatic heterocycles. The summed E-state index contributed by atoms with van der Waals surface area (Å²) >= 11 is 0. The molecule has 5 aliphatic rings. The first kappa shape index (κ1) is 19.0. The second-order valence-corrected chi connectivity index (χ2v) is 10.3. The molecule has 1 heterocycles. The van der Waals surface area contributed by atoms with Crippen LogP contribution in [0.15, 0.2) is 24.3 Å². The molecule has 0 unspecified atom stereocenters.